The van der Waals surface area contributed by atoms with Crippen LogP contribution in [0.4, 0.5) is 0 Å². The van der Waals surface area contributed by atoms with Gasteiger partial charge in [0.05, 0.1) is 25.4 Å². The molecule has 1 aliphatic heterocycles. The van der Waals surface area contributed by atoms with Gasteiger partial charge in [-0.15, -0.1) is 0 Å². The zero-order valence-electron chi connectivity index (χ0n) is 11.8. The van der Waals surface area contributed by atoms with E-state index in [1.54, 1.807) is 4.90 Å². The quantitative estimate of drug-likeness (QED) is 0.766. The molecule has 1 aliphatic rings. The summed E-state index contributed by atoms with van der Waals surface area (Å²) in [6, 6.07) is -0.111. The van der Waals surface area contributed by atoms with Crippen LogP contribution in [0.5, 0.6) is 0 Å². The Labute approximate surface area is 109 Å². The van der Waals surface area contributed by atoms with Gasteiger partial charge in [-0.3, -0.25) is 4.79 Å². The van der Waals surface area contributed by atoms with Crippen LogP contribution in [0.2, 0.25) is 0 Å². The lowest BCUT2D eigenvalue weighted by Crippen LogP contribution is -2.53. The van der Waals surface area contributed by atoms with Gasteiger partial charge in [-0.05, 0) is 12.3 Å². The van der Waals surface area contributed by atoms with Crippen molar-refractivity contribution in [2.45, 2.75) is 52.3 Å². The van der Waals surface area contributed by atoms with Crippen molar-refractivity contribution in [3.05, 3.63) is 0 Å². The lowest BCUT2D eigenvalue weighted by atomic mass is 9.85. The van der Waals surface area contributed by atoms with Gasteiger partial charge < -0.3 is 20.5 Å². The number of ether oxygens (including phenoxy) is 1. The van der Waals surface area contributed by atoms with Crippen molar-refractivity contribution in [2.24, 2.45) is 11.1 Å². The Hall–Kier alpha value is -0.650. The van der Waals surface area contributed by atoms with E-state index in [4.69, 9.17) is 15.6 Å². The molecule has 106 valence electrons. The number of aliphatic hydroxyl groups excluding tert-OH is 1. The molecule has 3 atom stereocenters. The third-order valence-corrected chi connectivity index (χ3v) is 3.54. The fraction of sp³-hybridized carbons (Fsp3) is 0.923. The largest absolute Gasteiger partial charge is 0.394 e. The molecular formula is C13H26N2O3. The van der Waals surface area contributed by atoms with Crippen LogP contribution in [0.3, 0.4) is 0 Å². The summed E-state index contributed by atoms with van der Waals surface area (Å²) in [5, 5.41) is 9.10. The van der Waals surface area contributed by atoms with Crippen molar-refractivity contribution in [1.29, 1.82) is 0 Å². The van der Waals surface area contributed by atoms with E-state index in [0.717, 1.165) is 0 Å². The second kappa shape index (κ2) is 5.99. The Morgan fingerprint density at radius 1 is 1.56 bits per heavy atom. The highest BCUT2D eigenvalue weighted by molar-refractivity contribution is 5.77. The van der Waals surface area contributed by atoms with Crippen LogP contribution in [-0.2, 0) is 9.53 Å². The lowest BCUT2D eigenvalue weighted by molar-refractivity contribution is -0.147. The number of morpholine rings is 1. The van der Waals surface area contributed by atoms with E-state index < -0.39 is 0 Å². The zero-order valence-corrected chi connectivity index (χ0v) is 11.8. The Balaban J connectivity index is 2.59. The van der Waals surface area contributed by atoms with Gasteiger partial charge in [0.15, 0.2) is 0 Å². The molecule has 1 saturated heterocycles. The van der Waals surface area contributed by atoms with Gasteiger partial charge in [0, 0.05) is 19.0 Å². The molecule has 0 saturated carbocycles. The van der Waals surface area contributed by atoms with E-state index in [0.29, 0.717) is 19.6 Å². The summed E-state index contributed by atoms with van der Waals surface area (Å²) in [4.78, 5) is 14.0. The van der Waals surface area contributed by atoms with Gasteiger partial charge in [-0.25, -0.2) is 0 Å². The molecule has 18 heavy (non-hydrogen) atoms. The van der Waals surface area contributed by atoms with Crippen LogP contribution in [0, 0.1) is 5.41 Å². The van der Waals surface area contributed by atoms with Crippen molar-refractivity contribution in [3.8, 4) is 0 Å². The van der Waals surface area contributed by atoms with E-state index in [1.165, 1.54) is 0 Å². The molecule has 3 N–H and O–H groups in total. The number of carbonyl (C=O) groups is 1. The van der Waals surface area contributed by atoms with Crippen LogP contribution in [0.1, 0.15) is 34.1 Å². The van der Waals surface area contributed by atoms with Crippen molar-refractivity contribution in [2.75, 3.05) is 19.8 Å². The number of nitrogens with zero attached hydrogens (tertiary/aromatic N) is 1. The minimum Gasteiger partial charge on any atom is -0.394 e. The summed E-state index contributed by atoms with van der Waals surface area (Å²) < 4.78 is 5.42. The molecule has 0 bridgehead atoms. The van der Waals surface area contributed by atoms with Crippen LogP contribution in [0.25, 0.3) is 0 Å². The molecule has 0 aliphatic carbocycles. The lowest BCUT2D eigenvalue weighted by Gasteiger charge is -2.38. The van der Waals surface area contributed by atoms with Gasteiger partial charge in [-0.1, -0.05) is 20.8 Å². The average molecular weight is 258 g/mol. The molecule has 1 fully saturated rings. The average Bonchev–Trinajstić information content (AvgIpc) is 2.28. The summed E-state index contributed by atoms with van der Waals surface area (Å²) >= 11 is 0. The van der Waals surface area contributed by atoms with Crippen molar-refractivity contribution >= 4 is 5.91 Å². The zero-order chi connectivity index (χ0) is 13.9. The standard InChI is InChI=1S/C13H26N2O3/c1-9-8-18-10(7-16)6-15(9)12(17)5-11(14)13(2,3)4/h9-11,16H,5-8,14H2,1-4H3. The number of nitrogens with two attached hydrogens (primary N) is 1. The summed E-state index contributed by atoms with van der Waals surface area (Å²) in [6.07, 6.45) is 0.0717. The van der Waals surface area contributed by atoms with Crippen LogP contribution in [-0.4, -0.2) is 53.9 Å². The fourth-order valence-corrected chi connectivity index (χ4v) is 1.89. The minimum absolute atomic E-state index is 0.0478. The van der Waals surface area contributed by atoms with Crippen LogP contribution < -0.4 is 5.73 Å². The van der Waals surface area contributed by atoms with E-state index in [2.05, 4.69) is 0 Å². The smallest absolute Gasteiger partial charge is 0.224 e. The first-order valence-electron chi connectivity index (χ1n) is 6.53. The summed E-state index contributed by atoms with van der Waals surface area (Å²) in [6.45, 7) is 8.92. The number of hydrogen-bond donors (Lipinski definition) is 2. The summed E-state index contributed by atoms with van der Waals surface area (Å²) in [7, 11) is 0. The maximum atomic E-state index is 12.2. The van der Waals surface area contributed by atoms with Gasteiger partial charge in [0.25, 0.3) is 0 Å². The highest BCUT2D eigenvalue weighted by Gasteiger charge is 2.32. The second-order valence-electron chi connectivity index (χ2n) is 6.21. The molecule has 0 aromatic carbocycles. The van der Waals surface area contributed by atoms with Crippen molar-refractivity contribution in [3.63, 3.8) is 0 Å². The van der Waals surface area contributed by atoms with E-state index >= 15 is 0 Å². The maximum Gasteiger partial charge on any atom is 0.224 e. The highest BCUT2D eigenvalue weighted by atomic mass is 16.5. The highest BCUT2D eigenvalue weighted by Crippen LogP contribution is 2.22. The van der Waals surface area contributed by atoms with E-state index in [1.807, 2.05) is 27.7 Å². The maximum absolute atomic E-state index is 12.2. The molecule has 1 heterocycles. The first kappa shape index (κ1) is 15.4. The van der Waals surface area contributed by atoms with Crippen molar-refractivity contribution < 1.29 is 14.6 Å². The molecule has 1 amide bonds. The Morgan fingerprint density at radius 3 is 2.67 bits per heavy atom. The predicted molar refractivity (Wildman–Crippen MR) is 70.0 cm³/mol. The molecule has 5 nitrogen and oxygen atoms in total. The van der Waals surface area contributed by atoms with Crippen LogP contribution in [0.15, 0.2) is 0 Å². The predicted octanol–water partition coefficient (Wildman–Crippen LogP) is 0.358. The van der Waals surface area contributed by atoms with E-state index in [9.17, 15) is 4.79 Å². The fourth-order valence-electron chi connectivity index (χ4n) is 1.89. The first-order chi connectivity index (χ1) is 8.25. The van der Waals surface area contributed by atoms with Crippen molar-refractivity contribution in [1.82, 2.24) is 4.90 Å². The number of carbonyl (C=O) groups excluding carboxylic acids is 1. The van der Waals surface area contributed by atoms with Gasteiger partial charge in [-0.2, -0.15) is 0 Å². The van der Waals surface area contributed by atoms with Gasteiger partial charge >= 0.3 is 0 Å². The topological polar surface area (TPSA) is 75.8 Å². The third kappa shape index (κ3) is 3.93. The van der Waals surface area contributed by atoms with Gasteiger partial charge in [0.2, 0.25) is 5.91 Å². The minimum atomic E-state index is -0.268. The summed E-state index contributed by atoms with van der Waals surface area (Å²) in [5.74, 6) is 0.0478. The Kier molecular flexibility index (Phi) is 5.13. The number of amides is 1. The monoisotopic (exact) mass is 258 g/mol. The normalized spacial score (nSPS) is 27.1. The van der Waals surface area contributed by atoms with E-state index in [-0.39, 0.29) is 36.1 Å². The molecule has 0 aromatic heterocycles. The molecule has 0 spiro atoms. The molecular weight excluding hydrogens is 232 g/mol. The molecule has 5 heteroatoms. The molecule has 3 unspecified atom stereocenters. The van der Waals surface area contributed by atoms with Crippen LogP contribution >= 0.6 is 0 Å². The first-order valence-corrected chi connectivity index (χ1v) is 6.53. The number of rotatable bonds is 3. The molecule has 0 aromatic rings. The third-order valence-electron chi connectivity index (χ3n) is 3.54. The SMILES string of the molecule is CC1COC(CO)CN1C(=O)CC(N)C(C)(C)C. The molecule has 1 rings (SSSR count). The molecule has 0 radical (unpaired) electrons. The Bertz CT molecular complexity index is 288. The number of hydrogen-bond acceptors (Lipinski definition) is 4. The summed E-state index contributed by atoms with van der Waals surface area (Å²) in [5.41, 5.74) is 5.96. The van der Waals surface area contributed by atoms with Gasteiger partial charge in [0.1, 0.15) is 0 Å². The Morgan fingerprint density at radius 2 is 2.17 bits per heavy atom. The number of aliphatic hydroxyl groups is 1. The second-order valence-corrected chi connectivity index (χ2v) is 6.21.